The number of carbonyl (C=O) groups excluding carboxylic acids is 2. The maximum atomic E-state index is 11.9. The van der Waals surface area contributed by atoms with Gasteiger partial charge in [0.05, 0.1) is 31.0 Å². The van der Waals surface area contributed by atoms with Crippen molar-refractivity contribution >= 4 is 17.6 Å². The van der Waals surface area contributed by atoms with E-state index in [2.05, 4.69) is 10.6 Å². The summed E-state index contributed by atoms with van der Waals surface area (Å²) in [6.45, 7) is 4.15. The zero-order valence-corrected chi connectivity index (χ0v) is 13.2. The highest BCUT2D eigenvalue weighted by Gasteiger charge is 2.10. The van der Waals surface area contributed by atoms with Crippen molar-refractivity contribution in [1.29, 1.82) is 0 Å². The van der Waals surface area contributed by atoms with E-state index in [1.165, 1.54) is 0 Å². The molecule has 0 aliphatic carbocycles. The lowest BCUT2D eigenvalue weighted by Crippen LogP contribution is -2.29. The molecule has 0 aliphatic rings. The van der Waals surface area contributed by atoms with Gasteiger partial charge >= 0.3 is 5.97 Å². The van der Waals surface area contributed by atoms with Gasteiger partial charge in [0.2, 0.25) is 5.91 Å². The second kappa shape index (κ2) is 8.14. The van der Waals surface area contributed by atoms with E-state index in [1.807, 2.05) is 13.0 Å². The summed E-state index contributed by atoms with van der Waals surface area (Å²) in [4.78, 5) is 23.5. The Morgan fingerprint density at radius 1 is 1.22 bits per heavy atom. The molecule has 0 radical (unpaired) electrons. The van der Waals surface area contributed by atoms with Crippen LogP contribution in [0.4, 0.5) is 5.69 Å². The van der Waals surface area contributed by atoms with Crippen molar-refractivity contribution in [1.82, 2.24) is 5.32 Å². The third-order valence-corrected chi connectivity index (χ3v) is 3.22. The van der Waals surface area contributed by atoms with Gasteiger partial charge in [-0.3, -0.25) is 10.1 Å². The fourth-order valence-electron chi connectivity index (χ4n) is 1.99. The van der Waals surface area contributed by atoms with Gasteiger partial charge in [0.15, 0.2) is 0 Å². The Balaban J connectivity index is 1.82. The largest absolute Gasteiger partial charge is 0.468 e. The van der Waals surface area contributed by atoms with Crippen LogP contribution in [0.1, 0.15) is 36.0 Å². The molecule has 0 unspecified atom stereocenters. The second-order valence-electron chi connectivity index (χ2n) is 4.96. The van der Waals surface area contributed by atoms with Gasteiger partial charge in [-0.1, -0.05) is 0 Å². The van der Waals surface area contributed by atoms with Crippen LogP contribution in [0.5, 0.6) is 0 Å². The third kappa shape index (κ3) is 4.96. The average Bonchev–Trinajstić information content (AvgIpc) is 3.08. The lowest BCUT2D eigenvalue weighted by molar-refractivity contribution is -0.115. The number of esters is 1. The molecular weight excluding hydrogens is 296 g/mol. The van der Waals surface area contributed by atoms with Crippen LogP contribution in [-0.2, 0) is 9.53 Å². The lowest BCUT2D eigenvalue weighted by Gasteiger charge is -2.11. The highest BCUT2D eigenvalue weighted by Crippen LogP contribution is 2.12. The third-order valence-electron chi connectivity index (χ3n) is 3.22. The van der Waals surface area contributed by atoms with Crippen LogP contribution in [0, 0.1) is 0 Å². The summed E-state index contributed by atoms with van der Waals surface area (Å²) in [5, 5.41) is 5.83. The first kappa shape index (κ1) is 16.8. The van der Waals surface area contributed by atoms with E-state index in [0.717, 1.165) is 5.76 Å². The number of furan rings is 1. The van der Waals surface area contributed by atoms with E-state index in [9.17, 15) is 9.59 Å². The molecule has 23 heavy (non-hydrogen) atoms. The molecule has 0 aliphatic heterocycles. The summed E-state index contributed by atoms with van der Waals surface area (Å²) in [5.74, 6) is 0.225. The predicted octanol–water partition coefficient (Wildman–Crippen LogP) is 2.75. The molecule has 1 aromatic heterocycles. The Labute approximate surface area is 134 Å². The molecule has 0 bridgehead atoms. The number of anilines is 1. The molecule has 2 aromatic rings. The van der Waals surface area contributed by atoms with Crippen LogP contribution in [0.3, 0.4) is 0 Å². The van der Waals surface area contributed by atoms with Crippen LogP contribution in [-0.4, -0.2) is 25.0 Å². The van der Waals surface area contributed by atoms with E-state index in [0.29, 0.717) is 17.9 Å². The molecule has 2 rings (SSSR count). The minimum absolute atomic E-state index is 0.0538. The Morgan fingerprint density at radius 2 is 1.96 bits per heavy atom. The summed E-state index contributed by atoms with van der Waals surface area (Å²) in [5.41, 5.74) is 1.07. The van der Waals surface area contributed by atoms with E-state index in [4.69, 9.17) is 9.15 Å². The first-order valence-electron chi connectivity index (χ1n) is 7.44. The number of ether oxygens (including phenoxy) is 1. The number of nitrogens with one attached hydrogen (secondary N) is 2. The van der Waals surface area contributed by atoms with Gasteiger partial charge in [0, 0.05) is 5.69 Å². The molecule has 6 nitrogen and oxygen atoms in total. The van der Waals surface area contributed by atoms with Crippen molar-refractivity contribution in [2.75, 3.05) is 18.5 Å². The molecule has 1 heterocycles. The standard InChI is InChI=1S/C17H20N2O4/c1-3-22-17(21)13-6-8-14(9-7-13)19-16(20)11-18-12(2)15-5-4-10-23-15/h4-10,12,18H,3,11H2,1-2H3,(H,19,20)/t12-/m0/s1. The van der Waals surface area contributed by atoms with E-state index < -0.39 is 0 Å². The molecule has 1 aromatic carbocycles. The highest BCUT2D eigenvalue weighted by molar-refractivity contribution is 5.94. The van der Waals surface area contributed by atoms with E-state index >= 15 is 0 Å². The predicted molar refractivity (Wildman–Crippen MR) is 86.2 cm³/mol. The fourth-order valence-corrected chi connectivity index (χ4v) is 1.99. The summed E-state index contributed by atoms with van der Waals surface area (Å²) >= 11 is 0. The van der Waals surface area contributed by atoms with Crippen molar-refractivity contribution < 1.29 is 18.7 Å². The second-order valence-corrected chi connectivity index (χ2v) is 4.96. The van der Waals surface area contributed by atoms with E-state index in [1.54, 1.807) is 43.5 Å². The molecule has 0 spiro atoms. The van der Waals surface area contributed by atoms with Gasteiger partial charge in [-0.15, -0.1) is 0 Å². The van der Waals surface area contributed by atoms with Crippen LogP contribution in [0.25, 0.3) is 0 Å². The molecule has 0 saturated heterocycles. The van der Waals surface area contributed by atoms with Crippen LogP contribution in [0.2, 0.25) is 0 Å². The van der Waals surface area contributed by atoms with Crippen molar-refractivity contribution in [2.24, 2.45) is 0 Å². The molecule has 2 N–H and O–H groups in total. The minimum atomic E-state index is -0.376. The Bertz CT molecular complexity index is 635. The smallest absolute Gasteiger partial charge is 0.338 e. The van der Waals surface area contributed by atoms with E-state index in [-0.39, 0.29) is 24.5 Å². The first-order chi connectivity index (χ1) is 11.1. The molecular formula is C17H20N2O4. The fraction of sp³-hybridized carbons (Fsp3) is 0.294. The zero-order valence-electron chi connectivity index (χ0n) is 13.2. The van der Waals surface area contributed by atoms with Gasteiger partial charge in [-0.25, -0.2) is 4.79 Å². The Morgan fingerprint density at radius 3 is 2.57 bits per heavy atom. The van der Waals surface area contributed by atoms with Gasteiger partial charge in [0.25, 0.3) is 0 Å². The molecule has 0 saturated carbocycles. The topological polar surface area (TPSA) is 80.6 Å². The lowest BCUT2D eigenvalue weighted by atomic mass is 10.2. The van der Waals surface area contributed by atoms with Crippen molar-refractivity contribution in [3.63, 3.8) is 0 Å². The van der Waals surface area contributed by atoms with Gasteiger partial charge < -0.3 is 14.5 Å². The van der Waals surface area contributed by atoms with Gasteiger partial charge in [-0.05, 0) is 50.2 Å². The summed E-state index contributed by atoms with van der Waals surface area (Å²) < 4.78 is 10.2. The van der Waals surface area contributed by atoms with Crippen LogP contribution >= 0.6 is 0 Å². The quantitative estimate of drug-likeness (QED) is 0.768. The number of carbonyl (C=O) groups is 2. The SMILES string of the molecule is CCOC(=O)c1ccc(NC(=O)CN[C@@H](C)c2ccco2)cc1. The zero-order chi connectivity index (χ0) is 16.7. The number of benzene rings is 1. The van der Waals surface area contributed by atoms with Crippen LogP contribution in [0.15, 0.2) is 47.1 Å². The minimum Gasteiger partial charge on any atom is -0.468 e. The molecule has 122 valence electrons. The molecule has 0 fully saturated rings. The monoisotopic (exact) mass is 316 g/mol. The highest BCUT2D eigenvalue weighted by atomic mass is 16.5. The van der Waals surface area contributed by atoms with Crippen LogP contribution < -0.4 is 10.6 Å². The summed E-state index contributed by atoms with van der Waals surface area (Å²) in [6.07, 6.45) is 1.60. The summed E-state index contributed by atoms with van der Waals surface area (Å²) in [6, 6.07) is 10.2. The van der Waals surface area contributed by atoms with Gasteiger partial charge in [0.1, 0.15) is 5.76 Å². The maximum absolute atomic E-state index is 11.9. The average molecular weight is 316 g/mol. The Kier molecular flexibility index (Phi) is 5.94. The molecule has 6 heteroatoms. The molecule has 1 amide bonds. The van der Waals surface area contributed by atoms with Crippen molar-refractivity contribution in [3.8, 4) is 0 Å². The number of amides is 1. The Hall–Kier alpha value is -2.60. The molecule has 1 atom stereocenters. The first-order valence-corrected chi connectivity index (χ1v) is 7.44. The van der Waals surface area contributed by atoms with Gasteiger partial charge in [-0.2, -0.15) is 0 Å². The number of rotatable bonds is 7. The maximum Gasteiger partial charge on any atom is 0.338 e. The number of hydrogen-bond acceptors (Lipinski definition) is 5. The van der Waals surface area contributed by atoms with Crippen molar-refractivity contribution in [2.45, 2.75) is 19.9 Å². The van der Waals surface area contributed by atoms with Crippen molar-refractivity contribution in [3.05, 3.63) is 54.0 Å². The normalized spacial score (nSPS) is 11.7. The summed E-state index contributed by atoms with van der Waals surface area (Å²) in [7, 11) is 0. The number of hydrogen-bond donors (Lipinski definition) is 2.